The molecule has 0 atom stereocenters. The summed E-state index contributed by atoms with van der Waals surface area (Å²) in [5, 5.41) is 0. The number of ether oxygens (including phenoxy) is 1. The van der Waals surface area contributed by atoms with Crippen molar-refractivity contribution < 1.29 is 17.9 Å². The number of morpholine rings is 1. The molecule has 1 fully saturated rings. The van der Waals surface area contributed by atoms with E-state index in [0.29, 0.717) is 18.7 Å². The Morgan fingerprint density at radius 2 is 1.87 bits per heavy atom. The van der Waals surface area contributed by atoms with Crippen molar-refractivity contribution in [1.82, 2.24) is 14.8 Å². The molecule has 1 saturated heterocycles. The normalized spacial score (nSPS) is 15.1. The fourth-order valence-electron chi connectivity index (χ4n) is 3.50. The van der Waals surface area contributed by atoms with Crippen LogP contribution in [0, 0.1) is 6.92 Å². The van der Waals surface area contributed by atoms with Gasteiger partial charge in [0.25, 0.3) is 5.91 Å². The van der Waals surface area contributed by atoms with E-state index in [0.717, 1.165) is 56.7 Å². The van der Waals surface area contributed by atoms with Crippen LogP contribution in [0.15, 0.2) is 47.6 Å². The van der Waals surface area contributed by atoms with Gasteiger partial charge in [0.2, 0.25) is 0 Å². The monoisotopic (exact) mass is 431 g/mol. The van der Waals surface area contributed by atoms with Crippen LogP contribution in [-0.2, 0) is 21.1 Å². The molecule has 0 bridgehead atoms. The Morgan fingerprint density at radius 1 is 1.17 bits per heavy atom. The molecular formula is C22H29N3O4S. The summed E-state index contributed by atoms with van der Waals surface area (Å²) in [6, 6.07) is 8.52. The molecule has 0 N–H and O–H groups in total. The topological polar surface area (TPSA) is 79.8 Å². The zero-order valence-corrected chi connectivity index (χ0v) is 18.4. The molecule has 0 spiro atoms. The maximum absolute atomic E-state index is 13.4. The molecule has 0 saturated carbocycles. The van der Waals surface area contributed by atoms with Crippen LogP contribution in [0.3, 0.4) is 0 Å². The number of carbonyl (C=O) groups excluding carboxylic acids is 1. The standard InChI is InChI=1S/C22H29N3O4S/c1-18-4-5-20(30(2,27)28)16-21(18)22(26)25(17-19-6-8-23-9-7-19)11-3-10-24-12-14-29-15-13-24/h4-9,16H,3,10-15,17H2,1-2H3. The van der Waals surface area contributed by atoms with Crippen LogP contribution in [0.4, 0.5) is 0 Å². The van der Waals surface area contributed by atoms with Crippen molar-refractivity contribution in [1.29, 1.82) is 0 Å². The van der Waals surface area contributed by atoms with E-state index in [4.69, 9.17) is 4.74 Å². The maximum Gasteiger partial charge on any atom is 0.254 e. The zero-order chi connectivity index (χ0) is 21.6. The largest absolute Gasteiger partial charge is 0.379 e. The van der Waals surface area contributed by atoms with Crippen LogP contribution < -0.4 is 0 Å². The number of hydrogen-bond donors (Lipinski definition) is 0. The van der Waals surface area contributed by atoms with E-state index in [2.05, 4.69) is 9.88 Å². The van der Waals surface area contributed by atoms with Crippen LogP contribution in [0.5, 0.6) is 0 Å². The van der Waals surface area contributed by atoms with Gasteiger partial charge < -0.3 is 9.64 Å². The van der Waals surface area contributed by atoms with Gasteiger partial charge >= 0.3 is 0 Å². The summed E-state index contributed by atoms with van der Waals surface area (Å²) in [5.41, 5.74) is 2.18. The molecule has 7 nitrogen and oxygen atoms in total. The molecule has 8 heteroatoms. The number of nitrogens with zero attached hydrogens (tertiary/aromatic N) is 3. The van der Waals surface area contributed by atoms with E-state index in [1.165, 1.54) is 6.07 Å². The summed E-state index contributed by atoms with van der Waals surface area (Å²) in [7, 11) is -3.39. The number of benzene rings is 1. The Balaban J connectivity index is 1.78. The van der Waals surface area contributed by atoms with Gasteiger partial charge in [-0.05, 0) is 48.7 Å². The third-order valence-corrected chi connectivity index (χ3v) is 6.39. The van der Waals surface area contributed by atoms with Gasteiger partial charge in [0.15, 0.2) is 9.84 Å². The van der Waals surface area contributed by atoms with Gasteiger partial charge in [-0.2, -0.15) is 0 Å². The Hall–Kier alpha value is -2.29. The van der Waals surface area contributed by atoms with Crippen LogP contribution in [0.25, 0.3) is 0 Å². The highest BCUT2D eigenvalue weighted by atomic mass is 32.2. The number of aromatic nitrogens is 1. The molecule has 1 amide bonds. The quantitative estimate of drug-likeness (QED) is 0.637. The average Bonchev–Trinajstić information content (AvgIpc) is 2.73. The zero-order valence-electron chi connectivity index (χ0n) is 17.6. The maximum atomic E-state index is 13.4. The lowest BCUT2D eigenvalue weighted by molar-refractivity contribution is 0.0355. The van der Waals surface area contributed by atoms with Crippen LogP contribution in [0.1, 0.15) is 27.9 Å². The Labute approximate surface area is 178 Å². The highest BCUT2D eigenvalue weighted by Gasteiger charge is 2.21. The van der Waals surface area contributed by atoms with Gasteiger partial charge in [0, 0.05) is 56.9 Å². The van der Waals surface area contributed by atoms with Gasteiger partial charge in [-0.3, -0.25) is 14.7 Å². The fourth-order valence-corrected chi connectivity index (χ4v) is 4.15. The Bertz CT molecular complexity index is 958. The molecule has 1 aliphatic rings. The molecule has 30 heavy (non-hydrogen) atoms. The van der Waals surface area contributed by atoms with Crippen LogP contribution in [0.2, 0.25) is 0 Å². The van der Waals surface area contributed by atoms with E-state index in [1.807, 2.05) is 19.1 Å². The molecule has 1 aromatic heterocycles. The van der Waals surface area contributed by atoms with Gasteiger partial charge in [0.05, 0.1) is 18.1 Å². The fraction of sp³-hybridized carbons (Fsp3) is 0.455. The summed E-state index contributed by atoms with van der Waals surface area (Å²) in [5.74, 6) is -0.156. The van der Waals surface area contributed by atoms with E-state index in [9.17, 15) is 13.2 Å². The summed E-state index contributed by atoms with van der Waals surface area (Å²) in [4.78, 5) is 21.8. The number of carbonyl (C=O) groups is 1. The molecule has 1 aromatic carbocycles. The molecule has 3 rings (SSSR count). The number of sulfone groups is 1. The first-order valence-electron chi connectivity index (χ1n) is 10.1. The second kappa shape index (κ2) is 10.1. The highest BCUT2D eigenvalue weighted by molar-refractivity contribution is 7.90. The number of hydrogen-bond acceptors (Lipinski definition) is 6. The SMILES string of the molecule is Cc1ccc(S(C)(=O)=O)cc1C(=O)N(CCCN1CCOCC1)Cc1ccncc1. The Kier molecular flexibility index (Phi) is 7.58. The molecular weight excluding hydrogens is 402 g/mol. The first kappa shape index (κ1) is 22.4. The molecule has 2 aromatic rings. The molecule has 2 heterocycles. The lowest BCUT2D eigenvalue weighted by atomic mass is 10.1. The van der Waals surface area contributed by atoms with Gasteiger partial charge in [-0.25, -0.2) is 8.42 Å². The first-order valence-corrected chi connectivity index (χ1v) is 12.0. The van der Waals surface area contributed by atoms with Crippen molar-refractivity contribution in [2.75, 3.05) is 45.6 Å². The van der Waals surface area contributed by atoms with Crippen molar-refractivity contribution in [2.45, 2.75) is 24.8 Å². The lowest BCUT2D eigenvalue weighted by Gasteiger charge is -2.28. The van der Waals surface area contributed by atoms with E-state index < -0.39 is 9.84 Å². The minimum atomic E-state index is -3.39. The second-order valence-corrected chi connectivity index (χ2v) is 9.65. The predicted octanol–water partition coefficient (Wildman–Crippen LogP) is 2.16. The third-order valence-electron chi connectivity index (χ3n) is 5.28. The first-order chi connectivity index (χ1) is 14.3. The summed E-state index contributed by atoms with van der Waals surface area (Å²) in [6.45, 7) is 7.08. The van der Waals surface area contributed by atoms with Gasteiger partial charge in [-0.15, -0.1) is 0 Å². The summed E-state index contributed by atoms with van der Waals surface area (Å²) >= 11 is 0. The third kappa shape index (κ3) is 6.10. The molecule has 0 aliphatic carbocycles. The molecule has 1 aliphatic heterocycles. The van der Waals surface area contributed by atoms with E-state index in [1.54, 1.807) is 29.4 Å². The number of pyridine rings is 1. The van der Waals surface area contributed by atoms with Crippen molar-refractivity contribution in [2.24, 2.45) is 0 Å². The summed E-state index contributed by atoms with van der Waals surface area (Å²) in [6.07, 6.45) is 5.41. The Morgan fingerprint density at radius 3 is 2.53 bits per heavy atom. The smallest absolute Gasteiger partial charge is 0.254 e. The minimum Gasteiger partial charge on any atom is -0.379 e. The van der Waals surface area contributed by atoms with Gasteiger partial charge in [-0.1, -0.05) is 6.07 Å². The minimum absolute atomic E-state index is 0.156. The average molecular weight is 432 g/mol. The molecule has 0 unspecified atom stereocenters. The number of aryl methyl sites for hydroxylation is 1. The van der Waals surface area contributed by atoms with Crippen molar-refractivity contribution in [3.05, 3.63) is 59.4 Å². The number of amides is 1. The lowest BCUT2D eigenvalue weighted by Crippen LogP contribution is -2.39. The van der Waals surface area contributed by atoms with E-state index >= 15 is 0 Å². The van der Waals surface area contributed by atoms with Crippen LogP contribution >= 0.6 is 0 Å². The van der Waals surface area contributed by atoms with Crippen molar-refractivity contribution in [3.8, 4) is 0 Å². The molecule has 0 radical (unpaired) electrons. The molecule has 162 valence electrons. The summed E-state index contributed by atoms with van der Waals surface area (Å²) < 4.78 is 29.4. The van der Waals surface area contributed by atoms with Crippen molar-refractivity contribution >= 4 is 15.7 Å². The predicted molar refractivity (Wildman–Crippen MR) is 115 cm³/mol. The van der Waals surface area contributed by atoms with Crippen molar-refractivity contribution in [3.63, 3.8) is 0 Å². The highest BCUT2D eigenvalue weighted by Crippen LogP contribution is 2.19. The van der Waals surface area contributed by atoms with E-state index in [-0.39, 0.29) is 10.8 Å². The second-order valence-electron chi connectivity index (χ2n) is 7.64. The van der Waals surface area contributed by atoms with Crippen LogP contribution in [-0.4, -0.2) is 74.8 Å². The van der Waals surface area contributed by atoms with Gasteiger partial charge in [0.1, 0.15) is 0 Å². The number of rotatable bonds is 8.